The van der Waals surface area contributed by atoms with Crippen molar-refractivity contribution in [3.8, 4) is 0 Å². The van der Waals surface area contributed by atoms with Crippen molar-refractivity contribution in [1.82, 2.24) is 9.55 Å². The highest BCUT2D eigenvalue weighted by Crippen LogP contribution is 2.30. The maximum absolute atomic E-state index is 5.73. The van der Waals surface area contributed by atoms with Crippen LogP contribution in [0.25, 0.3) is 21.8 Å². The first-order chi connectivity index (χ1) is 9.83. The van der Waals surface area contributed by atoms with Gasteiger partial charge in [-0.3, -0.25) is 0 Å². The Hall–Kier alpha value is -2.33. The predicted molar refractivity (Wildman–Crippen MR) is 85.1 cm³/mol. The van der Waals surface area contributed by atoms with Crippen molar-refractivity contribution in [2.24, 2.45) is 0 Å². The average molecular weight is 279 g/mol. The Morgan fingerprint density at radius 3 is 2.10 bits per heavy atom. The van der Waals surface area contributed by atoms with Gasteiger partial charge in [-0.05, 0) is 12.1 Å². The number of nitrogen functional groups attached to an aromatic ring is 1. The Balaban J connectivity index is 2.00. The predicted octanol–water partition coefficient (Wildman–Crippen LogP) is 3.88. The number of hydrogen-bond donors (Lipinski definition) is 1. The smallest absolute Gasteiger partial charge is 0.180 e. The van der Waals surface area contributed by atoms with Crippen LogP contribution in [0.2, 0.25) is 0 Å². The molecule has 0 aliphatic heterocycles. The summed E-state index contributed by atoms with van der Waals surface area (Å²) >= 11 is 1.55. The Kier molecular flexibility index (Phi) is 2.50. The van der Waals surface area contributed by atoms with Crippen molar-refractivity contribution < 1.29 is 0 Å². The Bertz CT molecular complexity index is 851. The molecule has 2 N–H and O–H groups in total. The summed E-state index contributed by atoms with van der Waals surface area (Å²) in [6, 6.07) is 17.0. The first-order valence-corrected chi connectivity index (χ1v) is 7.31. The van der Waals surface area contributed by atoms with Crippen LogP contribution in [0.1, 0.15) is 4.88 Å². The van der Waals surface area contributed by atoms with E-state index in [4.69, 9.17) is 5.73 Å². The minimum absolute atomic E-state index is 0.626. The SMILES string of the molecule is Nc1ncc(Cn2c3ccccc3c3ccccc32)s1. The number of nitrogens with zero attached hydrogens (tertiary/aromatic N) is 2. The van der Waals surface area contributed by atoms with Crippen molar-refractivity contribution in [3.63, 3.8) is 0 Å². The Morgan fingerprint density at radius 1 is 0.950 bits per heavy atom. The molecule has 0 aliphatic carbocycles. The molecule has 0 bridgehead atoms. The van der Waals surface area contributed by atoms with E-state index in [1.165, 1.54) is 26.7 Å². The second-order valence-electron chi connectivity index (χ2n) is 4.79. The van der Waals surface area contributed by atoms with E-state index in [0.29, 0.717) is 5.13 Å². The van der Waals surface area contributed by atoms with Gasteiger partial charge in [0.15, 0.2) is 5.13 Å². The summed E-state index contributed by atoms with van der Waals surface area (Å²) in [5.74, 6) is 0. The standard InChI is InChI=1S/C16H13N3S/c17-16-18-9-11(20-16)10-19-14-7-3-1-5-12(14)13-6-2-4-8-15(13)19/h1-9H,10H2,(H2,17,18). The van der Waals surface area contributed by atoms with Gasteiger partial charge >= 0.3 is 0 Å². The molecule has 2 aromatic heterocycles. The van der Waals surface area contributed by atoms with Gasteiger partial charge in [-0.1, -0.05) is 36.4 Å². The van der Waals surface area contributed by atoms with Gasteiger partial charge in [0.05, 0.1) is 6.54 Å². The summed E-state index contributed by atoms with van der Waals surface area (Å²) in [7, 11) is 0. The number of benzene rings is 2. The lowest BCUT2D eigenvalue weighted by atomic mass is 10.2. The Labute approximate surface area is 120 Å². The molecule has 0 saturated heterocycles. The van der Waals surface area contributed by atoms with Crippen molar-refractivity contribution in [3.05, 3.63) is 59.6 Å². The summed E-state index contributed by atoms with van der Waals surface area (Å²) < 4.78 is 2.33. The Morgan fingerprint density at radius 2 is 1.55 bits per heavy atom. The second kappa shape index (κ2) is 4.35. The molecule has 0 unspecified atom stereocenters. The number of nitrogens with two attached hydrogens (primary N) is 1. The summed E-state index contributed by atoms with van der Waals surface area (Å²) in [5.41, 5.74) is 8.23. The van der Waals surface area contributed by atoms with Crippen LogP contribution in [0, 0.1) is 0 Å². The molecular formula is C16H13N3S. The molecule has 4 rings (SSSR count). The first-order valence-electron chi connectivity index (χ1n) is 6.49. The van der Waals surface area contributed by atoms with Crippen LogP contribution in [0.15, 0.2) is 54.7 Å². The van der Waals surface area contributed by atoms with Gasteiger partial charge in [0.25, 0.3) is 0 Å². The topological polar surface area (TPSA) is 43.8 Å². The first kappa shape index (κ1) is 11.5. The molecule has 0 atom stereocenters. The van der Waals surface area contributed by atoms with Gasteiger partial charge in [-0.2, -0.15) is 0 Å². The van der Waals surface area contributed by atoms with E-state index in [1.54, 1.807) is 11.3 Å². The average Bonchev–Trinajstić information content (AvgIpc) is 3.03. The minimum Gasteiger partial charge on any atom is -0.375 e. The highest BCUT2D eigenvalue weighted by molar-refractivity contribution is 7.15. The lowest BCUT2D eigenvalue weighted by Crippen LogP contribution is -1.97. The molecule has 0 spiro atoms. The fraction of sp³-hybridized carbons (Fsp3) is 0.0625. The zero-order valence-corrected chi connectivity index (χ0v) is 11.6. The minimum atomic E-state index is 0.626. The van der Waals surface area contributed by atoms with Gasteiger partial charge in [0.1, 0.15) is 0 Å². The number of fused-ring (bicyclic) bond motifs is 3. The van der Waals surface area contributed by atoms with Gasteiger partial charge < -0.3 is 10.3 Å². The maximum Gasteiger partial charge on any atom is 0.180 e. The fourth-order valence-electron chi connectivity index (χ4n) is 2.73. The van der Waals surface area contributed by atoms with E-state index in [1.807, 2.05) is 6.20 Å². The largest absolute Gasteiger partial charge is 0.375 e. The number of para-hydroxylation sites is 2. The van der Waals surface area contributed by atoms with Gasteiger partial charge in [-0.15, -0.1) is 11.3 Å². The number of hydrogen-bond acceptors (Lipinski definition) is 3. The zero-order chi connectivity index (χ0) is 13.5. The van der Waals surface area contributed by atoms with E-state index < -0.39 is 0 Å². The van der Waals surface area contributed by atoms with Crippen molar-refractivity contribution in [2.75, 3.05) is 5.73 Å². The van der Waals surface area contributed by atoms with Crippen LogP contribution in [0.3, 0.4) is 0 Å². The molecule has 20 heavy (non-hydrogen) atoms. The van der Waals surface area contributed by atoms with Crippen LogP contribution < -0.4 is 5.73 Å². The van der Waals surface area contributed by atoms with Gasteiger partial charge in [0.2, 0.25) is 0 Å². The van der Waals surface area contributed by atoms with Gasteiger partial charge in [-0.25, -0.2) is 4.98 Å². The molecule has 4 aromatic rings. The second-order valence-corrected chi connectivity index (χ2v) is 5.93. The number of aromatic nitrogens is 2. The number of rotatable bonds is 2. The van der Waals surface area contributed by atoms with Crippen LogP contribution in [0.5, 0.6) is 0 Å². The van der Waals surface area contributed by atoms with E-state index in [2.05, 4.69) is 58.1 Å². The van der Waals surface area contributed by atoms with Crippen LogP contribution in [-0.2, 0) is 6.54 Å². The van der Waals surface area contributed by atoms with E-state index in [0.717, 1.165) is 6.54 Å². The molecule has 3 nitrogen and oxygen atoms in total. The molecule has 0 fully saturated rings. The molecule has 0 amide bonds. The molecule has 4 heteroatoms. The highest BCUT2D eigenvalue weighted by Gasteiger charge is 2.10. The third-order valence-corrected chi connectivity index (χ3v) is 4.38. The van der Waals surface area contributed by atoms with Gasteiger partial charge in [0, 0.05) is 32.9 Å². The monoisotopic (exact) mass is 279 g/mol. The summed E-state index contributed by atoms with van der Waals surface area (Å²) in [6.07, 6.45) is 1.86. The van der Waals surface area contributed by atoms with E-state index in [9.17, 15) is 0 Å². The van der Waals surface area contributed by atoms with Crippen molar-refractivity contribution in [1.29, 1.82) is 0 Å². The van der Waals surface area contributed by atoms with E-state index in [-0.39, 0.29) is 0 Å². The highest BCUT2D eigenvalue weighted by atomic mass is 32.1. The maximum atomic E-state index is 5.73. The van der Waals surface area contributed by atoms with E-state index >= 15 is 0 Å². The third kappa shape index (κ3) is 1.69. The summed E-state index contributed by atoms with van der Waals surface area (Å²) in [6.45, 7) is 0.808. The quantitative estimate of drug-likeness (QED) is 0.605. The summed E-state index contributed by atoms with van der Waals surface area (Å²) in [4.78, 5) is 5.32. The van der Waals surface area contributed by atoms with Crippen molar-refractivity contribution in [2.45, 2.75) is 6.54 Å². The number of thiazole rings is 1. The molecular weight excluding hydrogens is 266 g/mol. The lowest BCUT2D eigenvalue weighted by molar-refractivity contribution is 0.882. The molecule has 98 valence electrons. The fourth-order valence-corrected chi connectivity index (χ4v) is 3.40. The lowest BCUT2D eigenvalue weighted by Gasteiger charge is -2.04. The van der Waals surface area contributed by atoms with Crippen LogP contribution in [-0.4, -0.2) is 9.55 Å². The molecule has 0 aliphatic rings. The number of anilines is 1. The molecule has 2 heterocycles. The van der Waals surface area contributed by atoms with Crippen LogP contribution >= 0.6 is 11.3 Å². The molecule has 2 aromatic carbocycles. The third-order valence-electron chi connectivity index (χ3n) is 3.57. The molecule has 0 radical (unpaired) electrons. The summed E-state index contributed by atoms with van der Waals surface area (Å²) in [5, 5.41) is 3.21. The molecule has 0 saturated carbocycles. The van der Waals surface area contributed by atoms with Crippen LogP contribution in [0.4, 0.5) is 5.13 Å². The normalized spacial score (nSPS) is 11.4. The zero-order valence-electron chi connectivity index (χ0n) is 10.8. The van der Waals surface area contributed by atoms with Crippen molar-refractivity contribution >= 4 is 38.3 Å².